The maximum absolute atomic E-state index is 3.65. The van der Waals surface area contributed by atoms with Gasteiger partial charge < -0.3 is 0 Å². The lowest BCUT2D eigenvalue weighted by Gasteiger charge is -2.18. The minimum Gasteiger partial charge on any atom is -0.128 e. The first kappa shape index (κ1) is 11.9. The molecule has 1 aromatic heterocycles. The smallest absolute Gasteiger partial charge is 0.0808 e. The average Bonchev–Trinajstić information content (AvgIpc) is 2.41. The molecule has 15 heavy (non-hydrogen) atoms. The van der Waals surface area contributed by atoms with E-state index in [4.69, 9.17) is 0 Å². The number of halogens is 2. The highest BCUT2D eigenvalue weighted by Gasteiger charge is 2.16. The Morgan fingerprint density at radius 3 is 2.53 bits per heavy atom. The van der Waals surface area contributed by atoms with Gasteiger partial charge in [-0.2, -0.15) is 0 Å². The van der Waals surface area contributed by atoms with Crippen molar-refractivity contribution in [3.05, 3.63) is 31.1 Å². The zero-order valence-electron chi connectivity index (χ0n) is 8.90. The second-order valence-corrected chi connectivity index (χ2v) is 8.31. The molecule has 0 nitrogen and oxygen atoms in total. The highest BCUT2D eigenvalue weighted by molar-refractivity contribution is 14.1. The fraction of sp³-hybridized carbons (Fsp3) is 0.333. The minimum absolute atomic E-state index is 0.223. The summed E-state index contributed by atoms with van der Waals surface area (Å²) >= 11 is 7.87. The van der Waals surface area contributed by atoms with Crippen LogP contribution in [0.15, 0.2) is 22.7 Å². The van der Waals surface area contributed by atoms with E-state index in [2.05, 4.69) is 77.5 Å². The van der Waals surface area contributed by atoms with E-state index in [-0.39, 0.29) is 5.41 Å². The number of hydrogen-bond donors (Lipinski definition) is 0. The molecule has 0 unspecified atom stereocenters. The van der Waals surface area contributed by atoms with Crippen LogP contribution in [0.2, 0.25) is 0 Å². The zero-order valence-corrected chi connectivity index (χ0v) is 13.5. The molecule has 0 spiro atoms. The van der Waals surface area contributed by atoms with Gasteiger partial charge in [0, 0.05) is 14.6 Å². The van der Waals surface area contributed by atoms with Crippen molar-refractivity contribution in [2.75, 3.05) is 0 Å². The summed E-state index contributed by atoms with van der Waals surface area (Å²) < 4.78 is 3.93. The van der Waals surface area contributed by atoms with Gasteiger partial charge in [-0.3, -0.25) is 0 Å². The van der Waals surface area contributed by atoms with Crippen molar-refractivity contribution in [2.24, 2.45) is 0 Å². The van der Waals surface area contributed by atoms with Crippen molar-refractivity contribution in [3.8, 4) is 0 Å². The van der Waals surface area contributed by atoms with Gasteiger partial charge in [-0.25, -0.2) is 0 Å². The van der Waals surface area contributed by atoms with E-state index in [0.29, 0.717) is 0 Å². The Morgan fingerprint density at radius 2 is 1.93 bits per heavy atom. The van der Waals surface area contributed by atoms with Gasteiger partial charge in [-0.1, -0.05) is 26.8 Å². The number of thiophene rings is 1. The fourth-order valence-electron chi connectivity index (χ4n) is 1.50. The van der Waals surface area contributed by atoms with Gasteiger partial charge in [0.15, 0.2) is 0 Å². The van der Waals surface area contributed by atoms with Crippen LogP contribution in [0.5, 0.6) is 0 Å². The van der Waals surface area contributed by atoms with Crippen LogP contribution in [0, 0.1) is 2.88 Å². The van der Waals surface area contributed by atoms with Gasteiger partial charge in [0.2, 0.25) is 0 Å². The minimum atomic E-state index is 0.223. The number of hydrogen-bond acceptors (Lipinski definition) is 1. The Bertz CT molecular complexity index is 508. The normalized spacial score (nSPS) is 12.3. The zero-order chi connectivity index (χ0) is 11.2. The van der Waals surface area contributed by atoms with Crippen molar-refractivity contribution in [3.63, 3.8) is 0 Å². The van der Waals surface area contributed by atoms with Gasteiger partial charge >= 0.3 is 0 Å². The Kier molecular flexibility index (Phi) is 3.17. The molecule has 1 aromatic carbocycles. The van der Waals surface area contributed by atoms with Crippen LogP contribution < -0.4 is 0 Å². The highest BCUT2D eigenvalue weighted by Crippen LogP contribution is 2.38. The van der Waals surface area contributed by atoms with Crippen LogP contribution in [0.3, 0.4) is 0 Å². The van der Waals surface area contributed by atoms with Gasteiger partial charge in [-0.15, -0.1) is 11.3 Å². The standard InChI is InChI=1S/C12H12BrIS/c1-12(2,3)7-4-5-9-8(6-7)10(13)11(14)15-9/h4-6H,1-3H3. The molecule has 0 saturated carbocycles. The van der Waals surface area contributed by atoms with E-state index in [1.54, 1.807) is 0 Å². The van der Waals surface area contributed by atoms with Crippen molar-refractivity contribution in [2.45, 2.75) is 26.2 Å². The van der Waals surface area contributed by atoms with E-state index in [1.807, 2.05) is 11.3 Å². The molecular weight excluding hydrogens is 383 g/mol. The number of rotatable bonds is 0. The first-order valence-corrected chi connectivity index (χ1v) is 7.46. The predicted molar refractivity (Wildman–Crippen MR) is 80.9 cm³/mol. The number of fused-ring (bicyclic) bond motifs is 1. The molecule has 0 aliphatic rings. The first-order chi connectivity index (χ1) is 6.89. The summed E-state index contributed by atoms with van der Waals surface area (Å²) in [6.07, 6.45) is 0. The van der Waals surface area contributed by atoms with Crippen LogP contribution in [-0.2, 0) is 5.41 Å². The van der Waals surface area contributed by atoms with Gasteiger partial charge in [-0.05, 0) is 61.6 Å². The van der Waals surface area contributed by atoms with Crippen molar-refractivity contribution < 1.29 is 0 Å². The van der Waals surface area contributed by atoms with E-state index in [1.165, 1.54) is 23.0 Å². The molecule has 0 N–H and O–H groups in total. The maximum Gasteiger partial charge on any atom is 0.0808 e. The summed E-state index contributed by atoms with van der Waals surface area (Å²) in [5, 5.41) is 1.34. The van der Waals surface area contributed by atoms with Gasteiger partial charge in [0.05, 0.1) is 2.88 Å². The Labute approximate surface area is 116 Å². The molecule has 0 bridgehead atoms. The lowest BCUT2D eigenvalue weighted by Crippen LogP contribution is -2.10. The Hall–Kier alpha value is 0.390. The molecule has 0 aliphatic carbocycles. The molecule has 0 fully saturated rings. The first-order valence-electron chi connectivity index (χ1n) is 4.77. The molecule has 0 aliphatic heterocycles. The molecule has 0 radical (unpaired) electrons. The van der Waals surface area contributed by atoms with Crippen molar-refractivity contribution >= 4 is 59.9 Å². The van der Waals surface area contributed by atoms with E-state index < -0.39 is 0 Å². The van der Waals surface area contributed by atoms with Crippen LogP contribution in [0.25, 0.3) is 10.1 Å². The van der Waals surface area contributed by atoms with Gasteiger partial charge in [0.1, 0.15) is 0 Å². The molecule has 0 amide bonds. The summed E-state index contributed by atoms with van der Waals surface area (Å²) in [5.74, 6) is 0. The molecule has 80 valence electrons. The summed E-state index contributed by atoms with van der Waals surface area (Å²) in [7, 11) is 0. The fourth-order valence-corrected chi connectivity index (χ4v) is 4.01. The third-order valence-corrected chi connectivity index (χ3v) is 6.44. The largest absolute Gasteiger partial charge is 0.128 e. The van der Waals surface area contributed by atoms with Crippen molar-refractivity contribution in [1.82, 2.24) is 0 Å². The molecule has 3 heteroatoms. The van der Waals surface area contributed by atoms with Crippen LogP contribution >= 0.6 is 49.9 Å². The van der Waals surface area contributed by atoms with Crippen molar-refractivity contribution in [1.29, 1.82) is 0 Å². The maximum atomic E-state index is 3.65. The third-order valence-electron chi connectivity index (χ3n) is 2.45. The average molecular weight is 395 g/mol. The van der Waals surface area contributed by atoms with E-state index >= 15 is 0 Å². The molecule has 2 rings (SSSR count). The van der Waals surface area contributed by atoms with Gasteiger partial charge in [0.25, 0.3) is 0 Å². The molecule has 0 atom stereocenters. The third kappa shape index (κ3) is 2.24. The summed E-state index contributed by atoms with van der Waals surface area (Å²) in [6.45, 7) is 6.75. The lowest BCUT2D eigenvalue weighted by atomic mass is 9.87. The van der Waals surface area contributed by atoms with E-state index in [0.717, 1.165) is 0 Å². The lowest BCUT2D eigenvalue weighted by molar-refractivity contribution is 0.591. The molecular formula is C12H12BrIS. The molecule has 2 aromatic rings. The Morgan fingerprint density at radius 1 is 1.27 bits per heavy atom. The topological polar surface area (TPSA) is 0 Å². The molecule has 0 saturated heterocycles. The highest BCUT2D eigenvalue weighted by atomic mass is 127. The quantitative estimate of drug-likeness (QED) is 0.512. The monoisotopic (exact) mass is 394 g/mol. The Balaban J connectivity index is 2.70. The SMILES string of the molecule is CC(C)(C)c1ccc2sc(I)c(Br)c2c1. The molecule has 1 heterocycles. The van der Waals surface area contributed by atoms with E-state index in [9.17, 15) is 0 Å². The predicted octanol–water partition coefficient (Wildman–Crippen LogP) is 5.57. The number of benzene rings is 1. The second-order valence-electron chi connectivity index (χ2n) is 4.65. The summed E-state index contributed by atoms with van der Waals surface area (Å²) in [4.78, 5) is 0. The van der Waals surface area contributed by atoms with Crippen LogP contribution in [-0.4, -0.2) is 0 Å². The van der Waals surface area contributed by atoms with Crippen LogP contribution in [0.1, 0.15) is 26.3 Å². The second kappa shape index (κ2) is 4.00. The summed E-state index contributed by atoms with van der Waals surface area (Å²) in [5.41, 5.74) is 1.62. The summed E-state index contributed by atoms with van der Waals surface area (Å²) in [6, 6.07) is 6.77. The van der Waals surface area contributed by atoms with Crippen LogP contribution in [0.4, 0.5) is 0 Å².